The number of hydrogen-bond donors (Lipinski definition) is 4. The summed E-state index contributed by atoms with van der Waals surface area (Å²) < 4.78 is 27.6. The number of hydrogen-bond acceptors (Lipinski definition) is 5. The van der Waals surface area contributed by atoms with Gasteiger partial charge in [0.25, 0.3) is 0 Å². The van der Waals surface area contributed by atoms with Gasteiger partial charge in [-0.3, -0.25) is 4.79 Å². The number of carboxylic acid groups (broad SMARTS) is 1. The van der Waals surface area contributed by atoms with Crippen molar-refractivity contribution in [2.75, 3.05) is 13.1 Å². The molecular formula is C24H30N4O6S. The molecule has 1 aliphatic heterocycles. The summed E-state index contributed by atoms with van der Waals surface area (Å²) in [5, 5.41) is 17.0. The average molecular weight is 503 g/mol. The third kappa shape index (κ3) is 6.80. The summed E-state index contributed by atoms with van der Waals surface area (Å²) in [6, 6.07) is 11.1. The van der Waals surface area contributed by atoms with E-state index in [0.29, 0.717) is 6.42 Å². The summed E-state index contributed by atoms with van der Waals surface area (Å²) in [6.45, 7) is 3.63. The molecule has 0 saturated carbocycles. The van der Waals surface area contributed by atoms with E-state index in [4.69, 9.17) is 0 Å². The van der Waals surface area contributed by atoms with E-state index in [9.17, 15) is 27.9 Å². The zero-order valence-corrected chi connectivity index (χ0v) is 20.5. The van der Waals surface area contributed by atoms with Gasteiger partial charge in [-0.25, -0.2) is 18.0 Å². The van der Waals surface area contributed by atoms with Gasteiger partial charge in [-0.2, -0.15) is 4.31 Å². The average Bonchev–Trinajstić information content (AvgIpc) is 3.31. The van der Waals surface area contributed by atoms with E-state index in [1.165, 1.54) is 0 Å². The smallest absolute Gasteiger partial charge is 0.328 e. The minimum Gasteiger partial charge on any atom is -0.480 e. The van der Waals surface area contributed by atoms with E-state index in [2.05, 4.69) is 16.0 Å². The Hall–Kier alpha value is -3.44. The zero-order valence-electron chi connectivity index (χ0n) is 19.7. The molecule has 0 bridgehead atoms. The van der Waals surface area contributed by atoms with Gasteiger partial charge in [0, 0.05) is 13.1 Å². The number of nitrogens with zero attached hydrogens (tertiary/aromatic N) is 1. The molecule has 2 unspecified atom stereocenters. The Kier molecular flexibility index (Phi) is 8.47. The summed E-state index contributed by atoms with van der Waals surface area (Å²) >= 11 is 0. The second kappa shape index (κ2) is 11.3. The predicted octanol–water partition coefficient (Wildman–Crippen LogP) is 1.53. The Balaban J connectivity index is 1.62. The number of benzene rings is 2. The Bertz CT molecular complexity index is 1170. The number of urea groups is 1. The Morgan fingerprint density at radius 2 is 1.71 bits per heavy atom. The van der Waals surface area contributed by atoms with E-state index in [-0.39, 0.29) is 31.0 Å². The van der Waals surface area contributed by atoms with Gasteiger partial charge in [0.1, 0.15) is 12.1 Å². The third-order valence-corrected chi connectivity index (χ3v) is 7.57. The summed E-state index contributed by atoms with van der Waals surface area (Å²) in [7, 11) is -3.95. The van der Waals surface area contributed by atoms with Crippen LogP contribution in [0.3, 0.4) is 0 Å². The van der Waals surface area contributed by atoms with Crippen LogP contribution in [0.5, 0.6) is 0 Å². The molecule has 3 rings (SSSR count). The van der Waals surface area contributed by atoms with Crippen LogP contribution in [-0.2, 0) is 26.2 Å². The molecule has 0 radical (unpaired) electrons. The molecule has 0 aromatic heterocycles. The van der Waals surface area contributed by atoms with E-state index in [1.807, 2.05) is 36.4 Å². The fourth-order valence-electron chi connectivity index (χ4n) is 4.01. The zero-order chi connectivity index (χ0) is 25.6. The predicted molar refractivity (Wildman–Crippen MR) is 129 cm³/mol. The lowest BCUT2D eigenvalue weighted by atomic mass is 10.2. The van der Waals surface area contributed by atoms with Crippen molar-refractivity contribution in [1.29, 1.82) is 0 Å². The van der Waals surface area contributed by atoms with Crippen LogP contribution in [0.1, 0.15) is 29.5 Å². The standard InChI is InChI=1S/C24H30N4O6S/c1-16-11-17(2)13-19(12-16)35(33,34)28-10-6-9-21(28)22(29)27-20(23(30)31)15-26-24(32)25-14-18-7-4-3-5-8-18/h3-5,7-8,11-13,20-21H,6,9-10,14-15H2,1-2H3,(H,27,29)(H,30,31)(H2,25,26,32). The second-order valence-corrected chi connectivity index (χ2v) is 10.4. The summed E-state index contributed by atoms with van der Waals surface area (Å²) in [6.07, 6.45) is 0.743. The molecule has 4 N–H and O–H groups in total. The number of aryl methyl sites for hydroxylation is 2. The molecule has 188 valence electrons. The second-order valence-electron chi connectivity index (χ2n) is 8.55. The fourth-order valence-corrected chi connectivity index (χ4v) is 5.86. The molecular weight excluding hydrogens is 472 g/mol. The monoisotopic (exact) mass is 502 g/mol. The molecule has 3 amide bonds. The van der Waals surface area contributed by atoms with E-state index in [0.717, 1.165) is 21.0 Å². The molecule has 1 aliphatic rings. The largest absolute Gasteiger partial charge is 0.480 e. The topological polar surface area (TPSA) is 145 Å². The van der Waals surface area contributed by atoms with Crippen molar-refractivity contribution in [3.8, 4) is 0 Å². The number of aliphatic carboxylic acids is 1. The SMILES string of the molecule is Cc1cc(C)cc(S(=O)(=O)N2CCCC2C(=O)NC(CNC(=O)NCc2ccccc2)C(=O)O)c1. The highest BCUT2D eigenvalue weighted by atomic mass is 32.2. The summed E-state index contributed by atoms with van der Waals surface area (Å²) in [4.78, 5) is 36.8. The van der Waals surface area contributed by atoms with Crippen molar-refractivity contribution in [3.05, 3.63) is 65.2 Å². The molecule has 1 fully saturated rings. The normalized spacial score (nSPS) is 16.9. The van der Waals surface area contributed by atoms with Crippen molar-refractivity contribution in [2.45, 2.75) is 50.2 Å². The summed E-state index contributed by atoms with van der Waals surface area (Å²) in [5.74, 6) is -2.06. The van der Waals surface area contributed by atoms with Crippen LogP contribution in [0.2, 0.25) is 0 Å². The Labute approximate surface area is 204 Å². The molecule has 2 aromatic carbocycles. The summed E-state index contributed by atoms with van der Waals surface area (Å²) in [5.41, 5.74) is 2.44. The minimum atomic E-state index is -3.95. The third-order valence-electron chi connectivity index (χ3n) is 5.69. The molecule has 1 saturated heterocycles. The number of carbonyl (C=O) groups excluding carboxylic acids is 2. The van der Waals surface area contributed by atoms with Crippen LogP contribution in [0.4, 0.5) is 4.79 Å². The van der Waals surface area contributed by atoms with Crippen molar-refractivity contribution < 1.29 is 27.9 Å². The van der Waals surface area contributed by atoms with Gasteiger partial charge in [0.2, 0.25) is 15.9 Å². The van der Waals surface area contributed by atoms with Gasteiger partial charge in [-0.15, -0.1) is 0 Å². The lowest BCUT2D eigenvalue weighted by molar-refractivity contribution is -0.142. The maximum atomic E-state index is 13.2. The number of carboxylic acids is 1. The van der Waals surface area contributed by atoms with Gasteiger partial charge in [0.05, 0.1) is 11.4 Å². The maximum absolute atomic E-state index is 13.2. The number of carbonyl (C=O) groups is 3. The van der Waals surface area contributed by atoms with Gasteiger partial charge in [-0.1, -0.05) is 36.4 Å². The number of sulfonamides is 1. The molecule has 0 spiro atoms. The lowest BCUT2D eigenvalue weighted by Gasteiger charge is -2.25. The van der Waals surface area contributed by atoms with Gasteiger partial charge in [-0.05, 0) is 55.5 Å². The first-order chi connectivity index (χ1) is 16.6. The van der Waals surface area contributed by atoms with E-state index in [1.54, 1.807) is 26.0 Å². The molecule has 10 nitrogen and oxygen atoms in total. The van der Waals surface area contributed by atoms with Crippen LogP contribution in [-0.4, -0.2) is 60.9 Å². The van der Waals surface area contributed by atoms with Crippen molar-refractivity contribution in [3.63, 3.8) is 0 Å². The molecule has 1 heterocycles. The maximum Gasteiger partial charge on any atom is 0.328 e. The molecule has 35 heavy (non-hydrogen) atoms. The number of amides is 3. The highest BCUT2D eigenvalue weighted by molar-refractivity contribution is 7.89. The first kappa shape index (κ1) is 26.2. The molecule has 0 aliphatic carbocycles. The van der Waals surface area contributed by atoms with Crippen LogP contribution >= 0.6 is 0 Å². The van der Waals surface area contributed by atoms with E-state index >= 15 is 0 Å². The highest BCUT2D eigenvalue weighted by Crippen LogP contribution is 2.27. The molecule has 11 heteroatoms. The minimum absolute atomic E-state index is 0.0984. The molecule has 2 atom stereocenters. The first-order valence-corrected chi connectivity index (χ1v) is 12.7. The van der Waals surface area contributed by atoms with Gasteiger partial charge in [0.15, 0.2) is 0 Å². The first-order valence-electron chi connectivity index (χ1n) is 11.3. The van der Waals surface area contributed by atoms with Crippen molar-refractivity contribution >= 4 is 27.9 Å². The highest BCUT2D eigenvalue weighted by Gasteiger charge is 2.40. The lowest BCUT2D eigenvalue weighted by Crippen LogP contribution is -2.54. The van der Waals surface area contributed by atoms with Gasteiger partial charge < -0.3 is 21.1 Å². The Morgan fingerprint density at radius 3 is 2.34 bits per heavy atom. The van der Waals surface area contributed by atoms with Gasteiger partial charge >= 0.3 is 12.0 Å². The number of rotatable bonds is 9. The number of nitrogens with one attached hydrogen (secondary N) is 3. The fraction of sp³-hybridized carbons (Fsp3) is 0.375. The van der Waals surface area contributed by atoms with Crippen LogP contribution in [0.25, 0.3) is 0 Å². The quantitative estimate of drug-likeness (QED) is 0.409. The van der Waals surface area contributed by atoms with Crippen molar-refractivity contribution in [1.82, 2.24) is 20.3 Å². The van der Waals surface area contributed by atoms with Crippen LogP contribution in [0.15, 0.2) is 53.4 Å². The van der Waals surface area contributed by atoms with E-state index < -0.39 is 40.0 Å². The van der Waals surface area contributed by atoms with Crippen molar-refractivity contribution in [2.24, 2.45) is 0 Å². The van der Waals surface area contributed by atoms with Crippen LogP contribution < -0.4 is 16.0 Å². The molecule has 2 aromatic rings. The Morgan fingerprint density at radius 1 is 1.06 bits per heavy atom. The van der Waals surface area contributed by atoms with Crippen LogP contribution in [0, 0.1) is 13.8 Å².